The van der Waals surface area contributed by atoms with Gasteiger partial charge in [0.25, 0.3) is 0 Å². The maximum atomic E-state index is 14.5. The molecule has 2 fully saturated rings. The number of nitrogens with zero attached hydrogens (tertiary/aromatic N) is 4. The van der Waals surface area contributed by atoms with Crippen LogP contribution in [0.15, 0.2) is 12.1 Å². The Kier molecular flexibility index (Phi) is 5.72. The number of amides is 1. The summed E-state index contributed by atoms with van der Waals surface area (Å²) in [5, 5.41) is 8.05. The van der Waals surface area contributed by atoms with Crippen LogP contribution in [0.1, 0.15) is 63.8 Å². The molecule has 3 heterocycles. The number of ether oxygens (including phenoxy) is 1. The number of aromatic nitrogens is 3. The van der Waals surface area contributed by atoms with Crippen LogP contribution in [0.5, 0.6) is 0 Å². The zero-order valence-corrected chi connectivity index (χ0v) is 19.7. The molecule has 1 aromatic heterocycles. The maximum absolute atomic E-state index is 14.5. The number of benzene rings is 1. The van der Waals surface area contributed by atoms with Crippen LogP contribution in [-0.4, -0.2) is 50.5 Å². The van der Waals surface area contributed by atoms with Crippen molar-refractivity contribution in [1.29, 1.82) is 0 Å². The fourth-order valence-corrected chi connectivity index (χ4v) is 4.96. The zero-order valence-electron chi connectivity index (χ0n) is 19.7. The fourth-order valence-electron chi connectivity index (χ4n) is 4.96. The normalized spacial score (nSPS) is 21.6. The van der Waals surface area contributed by atoms with Gasteiger partial charge >= 0.3 is 6.09 Å². The molecule has 34 heavy (non-hydrogen) atoms. The molecule has 0 spiro atoms. The monoisotopic (exact) mass is 477 g/mol. The molecular formula is C24H30F3N5O2. The number of halogens is 3. The van der Waals surface area contributed by atoms with Gasteiger partial charge in [-0.1, -0.05) is 6.07 Å². The van der Waals surface area contributed by atoms with Crippen molar-refractivity contribution in [3.63, 3.8) is 0 Å². The highest BCUT2D eigenvalue weighted by Crippen LogP contribution is 2.41. The minimum atomic E-state index is -1.46. The number of nitrogens with one attached hydrogen (secondary N) is 1. The Hall–Kier alpha value is -2.78. The van der Waals surface area contributed by atoms with Crippen LogP contribution in [0.3, 0.4) is 0 Å². The first-order chi connectivity index (χ1) is 16.1. The second-order valence-corrected chi connectivity index (χ2v) is 10.6. The first-order valence-electron chi connectivity index (χ1n) is 11.9. The number of carbonyl (C=O) groups is 1. The lowest BCUT2D eigenvalue weighted by molar-refractivity contribution is -0.00464. The smallest absolute Gasteiger partial charge is 0.410 e. The van der Waals surface area contributed by atoms with Crippen molar-refractivity contribution in [1.82, 2.24) is 19.7 Å². The summed E-state index contributed by atoms with van der Waals surface area (Å²) >= 11 is 0. The summed E-state index contributed by atoms with van der Waals surface area (Å²) in [6.45, 7) is 7.40. The molecule has 10 heteroatoms. The van der Waals surface area contributed by atoms with E-state index in [0.717, 1.165) is 25.3 Å². The van der Waals surface area contributed by atoms with Gasteiger partial charge in [-0.2, -0.15) is 4.98 Å². The van der Waals surface area contributed by atoms with Crippen molar-refractivity contribution in [3.8, 4) is 0 Å². The summed E-state index contributed by atoms with van der Waals surface area (Å²) < 4.78 is 49.0. The van der Waals surface area contributed by atoms with Crippen molar-refractivity contribution >= 4 is 12.0 Å². The summed E-state index contributed by atoms with van der Waals surface area (Å²) in [5.74, 6) is -2.54. The molecule has 1 unspecified atom stereocenters. The van der Waals surface area contributed by atoms with E-state index in [4.69, 9.17) is 4.74 Å². The summed E-state index contributed by atoms with van der Waals surface area (Å²) in [6, 6.07) is 2.38. The van der Waals surface area contributed by atoms with Gasteiger partial charge in [-0.3, -0.25) is 0 Å². The Morgan fingerprint density at radius 1 is 1.12 bits per heavy atom. The van der Waals surface area contributed by atoms with Crippen LogP contribution in [0.2, 0.25) is 0 Å². The number of fused-ring (bicyclic) bond motifs is 1. The number of rotatable bonds is 5. The van der Waals surface area contributed by atoms with Crippen LogP contribution >= 0.6 is 0 Å². The molecule has 0 radical (unpaired) electrons. The quantitative estimate of drug-likeness (QED) is 0.634. The number of hydrogen-bond donors (Lipinski definition) is 1. The molecule has 1 amide bonds. The lowest BCUT2D eigenvalue weighted by Gasteiger charge is -2.43. The molecule has 7 nitrogen and oxygen atoms in total. The third-order valence-electron chi connectivity index (χ3n) is 6.81. The zero-order chi connectivity index (χ0) is 24.2. The van der Waals surface area contributed by atoms with E-state index < -0.39 is 29.0 Å². The van der Waals surface area contributed by atoms with Gasteiger partial charge < -0.3 is 15.0 Å². The minimum absolute atomic E-state index is 0.101. The molecule has 3 aliphatic rings. The van der Waals surface area contributed by atoms with Crippen LogP contribution in [-0.2, 0) is 11.3 Å². The van der Waals surface area contributed by atoms with E-state index in [1.165, 1.54) is 6.07 Å². The van der Waals surface area contributed by atoms with E-state index in [-0.39, 0.29) is 23.6 Å². The molecule has 1 saturated heterocycles. The van der Waals surface area contributed by atoms with Crippen molar-refractivity contribution < 1.29 is 22.7 Å². The average Bonchev–Trinajstić information content (AvgIpc) is 3.48. The van der Waals surface area contributed by atoms with Gasteiger partial charge in [0, 0.05) is 43.1 Å². The van der Waals surface area contributed by atoms with Gasteiger partial charge in [-0.15, -0.1) is 5.10 Å². The molecule has 1 aromatic carbocycles. The molecule has 2 aromatic rings. The van der Waals surface area contributed by atoms with Gasteiger partial charge in [0.15, 0.2) is 17.5 Å². The van der Waals surface area contributed by atoms with Crippen LogP contribution < -0.4 is 5.32 Å². The lowest BCUT2D eigenvalue weighted by Crippen LogP contribution is -2.57. The SMILES string of the molecule is CC(C)(C)OC(=O)N1CC([C@H](Nc2nc3n(n2)CCCC3c2ccc(F)c(F)c2F)C2CC2)C1. The van der Waals surface area contributed by atoms with E-state index in [0.29, 0.717) is 43.7 Å². The first-order valence-corrected chi connectivity index (χ1v) is 11.9. The number of aryl methyl sites for hydroxylation is 1. The fraction of sp³-hybridized carbons (Fsp3) is 0.625. The molecule has 1 N–H and O–H groups in total. The topological polar surface area (TPSA) is 72.3 Å². The molecule has 0 bridgehead atoms. The third-order valence-corrected chi connectivity index (χ3v) is 6.81. The van der Waals surface area contributed by atoms with Crippen molar-refractivity contribution in [2.45, 2.75) is 70.6 Å². The average molecular weight is 478 g/mol. The molecule has 184 valence electrons. The first kappa shape index (κ1) is 23.0. The summed E-state index contributed by atoms with van der Waals surface area (Å²) in [6.07, 6.45) is 3.23. The molecular weight excluding hydrogens is 447 g/mol. The van der Waals surface area contributed by atoms with Gasteiger partial charge in [0.2, 0.25) is 5.95 Å². The highest BCUT2D eigenvalue weighted by atomic mass is 19.2. The maximum Gasteiger partial charge on any atom is 0.410 e. The van der Waals surface area contributed by atoms with E-state index in [1.54, 1.807) is 9.58 Å². The molecule has 1 saturated carbocycles. The number of anilines is 1. The molecule has 2 aliphatic heterocycles. The standard InChI is InChI=1S/C24H30F3N5O2/c1-24(2,3)34-23(33)31-11-14(12-31)20(13-6-7-13)28-22-29-21-16(5-4-10-32(21)30-22)15-8-9-17(25)19(27)18(15)26/h8-9,13-14,16,20H,4-7,10-12H2,1-3H3,(H,28,30)/t16?,20-/m1/s1. The van der Waals surface area contributed by atoms with E-state index in [1.807, 2.05) is 20.8 Å². The summed E-state index contributed by atoms with van der Waals surface area (Å²) in [4.78, 5) is 18.7. The number of hydrogen-bond acceptors (Lipinski definition) is 5. The summed E-state index contributed by atoms with van der Waals surface area (Å²) in [7, 11) is 0. The molecule has 2 atom stereocenters. The van der Waals surface area contributed by atoms with Crippen LogP contribution in [0.25, 0.3) is 0 Å². The van der Waals surface area contributed by atoms with Crippen molar-refractivity contribution in [2.24, 2.45) is 11.8 Å². The van der Waals surface area contributed by atoms with Crippen LogP contribution in [0, 0.1) is 29.3 Å². The Morgan fingerprint density at radius 2 is 1.85 bits per heavy atom. The second kappa shape index (κ2) is 8.46. The largest absolute Gasteiger partial charge is 0.444 e. The van der Waals surface area contributed by atoms with Gasteiger partial charge in [-0.05, 0) is 58.4 Å². The Bertz CT molecular complexity index is 1090. The Balaban J connectivity index is 1.30. The predicted molar refractivity (Wildman–Crippen MR) is 119 cm³/mol. The molecule has 5 rings (SSSR count). The minimum Gasteiger partial charge on any atom is -0.444 e. The van der Waals surface area contributed by atoms with Crippen molar-refractivity contribution in [3.05, 3.63) is 41.0 Å². The van der Waals surface area contributed by atoms with E-state index >= 15 is 0 Å². The second-order valence-electron chi connectivity index (χ2n) is 10.6. The number of carbonyl (C=O) groups excluding carboxylic acids is 1. The van der Waals surface area contributed by atoms with Gasteiger partial charge in [-0.25, -0.2) is 22.6 Å². The predicted octanol–water partition coefficient (Wildman–Crippen LogP) is 4.68. The highest BCUT2D eigenvalue weighted by Gasteiger charge is 2.45. The summed E-state index contributed by atoms with van der Waals surface area (Å²) in [5.41, 5.74) is -0.427. The van der Waals surface area contributed by atoms with E-state index in [9.17, 15) is 18.0 Å². The van der Waals surface area contributed by atoms with Crippen molar-refractivity contribution in [2.75, 3.05) is 18.4 Å². The number of likely N-dealkylation sites (tertiary alicyclic amines) is 1. The van der Waals surface area contributed by atoms with Gasteiger partial charge in [0.05, 0.1) is 0 Å². The third kappa shape index (κ3) is 4.46. The van der Waals surface area contributed by atoms with E-state index in [2.05, 4.69) is 15.4 Å². The van der Waals surface area contributed by atoms with Gasteiger partial charge in [0.1, 0.15) is 11.4 Å². The Morgan fingerprint density at radius 3 is 2.53 bits per heavy atom. The highest BCUT2D eigenvalue weighted by molar-refractivity contribution is 5.69. The molecule has 1 aliphatic carbocycles. The lowest BCUT2D eigenvalue weighted by atomic mass is 9.88. The van der Waals surface area contributed by atoms with Crippen LogP contribution in [0.4, 0.5) is 23.9 Å². The Labute approximate surface area is 196 Å².